The Bertz CT molecular complexity index is 487. The van der Waals surface area contributed by atoms with Crippen LogP contribution in [-0.4, -0.2) is 35.5 Å². The van der Waals surface area contributed by atoms with Gasteiger partial charge in [0.2, 0.25) is 0 Å². The molecule has 0 atom stereocenters. The monoisotopic (exact) mass is 276 g/mol. The van der Waals surface area contributed by atoms with E-state index in [-0.39, 0.29) is 5.56 Å². The highest BCUT2D eigenvalue weighted by molar-refractivity contribution is 5.43. The van der Waals surface area contributed by atoms with Crippen molar-refractivity contribution in [1.29, 1.82) is 0 Å². The molecule has 2 fully saturated rings. The SMILES string of the molecule is O=c1cc(N2CCCC2)cnn1CCNC1CCCC1. The molecule has 1 aromatic heterocycles. The minimum atomic E-state index is 0.0163. The molecular weight excluding hydrogens is 252 g/mol. The third-order valence-electron chi connectivity index (χ3n) is 4.44. The van der Waals surface area contributed by atoms with E-state index in [1.54, 1.807) is 10.7 Å². The fraction of sp³-hybridized carbons (Fsp3) is 0.733. The average Bonchev–Trinajstić information content (AvgIpc) is 3.12. The summed E-state index contributed by atoms with van der Waals surface area (Å²) in [5, 5.41) is 7.83. The molecule has 0 unspecified atom stereocenters. The van der Waals surface area contributed by atoms with Crippen molar-refractivity contribution in [2.45, 2.75) is 51.1 Å². The number of nitrogens with one attached hydrogen (secondary N) is 1. The molecule has 0 spiro atoms. The molecule has 0 amide bonds. The Hall–Kier alpha value is -1.36. The topological polar surface area (TPSA) is 50.2 Å². The molecule has 0 radical (unpaired) electrons. The fourth-order valence-electron chi connectivity index (χ4n) is 3.24. The number of anilines is 1. The number of aromatic nitrogens is 2. The molecule has 2 aliphatic rings. The molecule has 0 bridgehead atoms. The molecule has 1 saturated carbocycles. The van der Waals surface area contributed by atoms with Crippen LogP contribution in [0.5, 0.6) is 0 Å². The van der Waals surface area contributed by atoms with Crippen molar-refractivity contribution in [1.82, 2.24) is 15.1 Å². The second-order valence-corrected chi connectivity index (χ2v) is 5.90. The van der Waals surface area contributed by atoms with Crippen LogP contribution in [0.15, 0.2) is 17.1 Å². The van der Waals surface area contributed by atoms with Crippen LogP contribution < -0.4 is 15.8 Å². The molecular formula is C15H24N4O. The molecule has 5 heteroatoms. The first kappa shape index (κ1) is 13.6. The van der Waals surface area contributed by atoms with Crippen LogP contribution in [0.1, 0.15) is 38.5 Å². The van der Waals surface area contributed by atoms with E-state index < -0.39 is 0 Å². The zero-order valence-electron chi connectivity index (χ0n) is 12.1. The highest BCUT2D eigenvalue weighted by Gasteiger charge is 2.15. The Kier molecular flexibility index (Phi) is 4.35. The molecule has 0 aromatic carbocycles. The Morgan fingerprint density at radius 2 is 1.95 bits per heavy atom. The Morgan fingerprint density at radius 1 is 1.20 bits per heavy atom. The molecule has 5 nitrogen and oxygen atoms in total. The van der Waals surface area contributed by atoms with Crippen LogP contribution in [-0.2, 0) is 6.54 Å². The summed E-state index contributed by atoms with van der Waals surface area (Å²) in [6.07, 6.45) is 9.48. The maximum atomic E-state index is 12.1. The predicted octanol–water partition coefficient (Wildman–Crippen LogP) is 1.38. The summed E-state index contributed by atoms with van der Waals surface area (Å²) in [4.78, 5) is 14.3. The van der Waals surface area contributed by atoms with Gasteiger partial charge in [0.25, 0.3) is 5.56 Å². The molecule has 1 aromatic rings. The zero-order valence-corrected chi connectivity index (χ0v) is 12.1. The van der Waals surface area contributed by atoms with E-state index in [2.05, 4.69) is 15.3 Å². The van der Waals surface area contributed by atoms with Crippen molar-refractivity contribution in [2.75, 3.05) is 24.5 Å². The molecule has 3 rings (SSSR count). The number of hydrogen-bond donors (Lipinski definition) is 1. The molecule has 1 aliphatic heterocycles. The largest absolute Gasteiger partial charge is 0.370 e. The van der Waals surface area contributed by atoms with Crippen molar-refractivity contribution in [2.24, 2.45) is 0 Å². The summed E-state index contributed by atoms with van der Waals surface area (Å²) in [7, 11) is 0. The smallest absolute Gasteiger partial charge is 0.268 e. The van der Waals surface area contributed by atoms with Crippen LogP contribution in [0, 0.1) is 0 Å². The van der Waals surface area contributed by atoms with E-state index in [4.69, 9.17) is 0 Å². The van der Waals surface area contributed by atoms with E-state index in [0.29, 0.717) is 12.6 Å². The lowest BCUT2D eigenvalue weighted by molar-refractivity contribution is 0.470. The molecule has 1 saturated heterocycles. The summed E-state index contributed by atoms with van der Waals surface area (Å²) < 4.78 is 1.57. The molecule has 1 aliphatic carbocycles. The molecule has 2 heterocycles. The third kappa shape index (κ3) is 3.20. The normalized spacial score (nSPS) is 19.9. The van der Waals surface area contributed by atoms with Gasteiger partial charge in [-0.2, -0.15) is 5.10 Å². The van der Waals surface area contributed by atoms with Crippen molar-refractivity contribution in [3.8, 4) is 0 Å². The van der Waals surface area contributed by atoms with Gasteiger partial charge in [0.1, 0.15) is 0 Å². The maximum Gasteiger partial charge on any atom is 0.268 e. The minimum absolute atomic E-state index is 0.0163. The minimum Gasteiger partial charge on any atom is -0.370 e. The van der Waals surface area contributed by atoms with Crippen molar-refractivity contribution < 1.29 is 0 Å². The van der Waals surface area contributed by atoms with E-state index >= 15 is 0 Å². The first-order chi connectivity index (χ1) is 9.83. The highest BCUT2D eigenvalue weighted by atomic mass is 16.1. The van der Waals surface area contributed by atoms with Crippen LogP contribution in [0.4, 0.5) is 5.69 Å². The van der Waals surface area contributed by atoms with Gasteiger partial charge in [-0.05, 0) is 25.7 Å². The van der Waals surface area contributed by atoms with E-state index in [1.807, 2.05) is 6.20 Å². The molecule has 20 heavy (non-hydrogen) atoms. The second-order valence-electron chi connectivity index (χ2n) is 5.90. The van der Waals surface area contributed by atoms with Crippen LogP contribution >= 0.6 is 0 Å². The van der Waals surface area contributed by atoms with Gasteiger partial charge in [0.15, 0.2) is 0 Å². The van der Waals surface area contributed by atoms with Gasteiger partial charge in [-0.25, -0.2) is 4.68 Å². The van der Waals surface area contributed by atoms with Crippen molar-refractivity contribution in [3.05, 3.63) is 22.6 Å². The molecule has 1 N–H and O–H groups in total. The van der Waals surface area contributed by atoms with Gasteiger partial charge in [-0.15, -0.1) is 0 Å². The average molecular weight is 276 g/mol. The Morgan fingerprint density at radius 3 is 2.65 bits per heavy atom. The summed E-state index contributed by atoms with van der Waals surface area (Å²) in [5.74, 6) is 0. The van der Waals surface area contributed by atoms with Crippen LogP contribution in [0.3, 0.4) is 0 Å². The van der Waals surface area contributed by atoms with E-state index in [0.717, 1.165) is 25.3 Å². The quantitative estimate of drug-likeness (QED) is 0.882. The summed E-state index contributed by atoms with van der Waals surface area (Å²) in [6.45, 7) is 3.60. The lowest BCUT2D eigenvalue weighted by atomic mass is 10.2. The highest BCUT2D eigenvalue weighted by Crippen LogP contribution is 2.18. The lowest BCUT2D eigenvalue weighted by Crippen LogP contribution is -2.33. The van der Waals surface area contributed by atoms with Crippen molar-refractivity contribution >= 4 is 5.69 Å². The molecule has 110 valence electrons. The van der Waals surface area contributed by atoms with Gasteiger partial charge in [0, 0.05) is 31.7 Å². The van der Waals surface area contributed by atoms with Crippen molar-refractivity contribution in [3.63, 3.8) is 0 Å². The van der Waals surface area contributed by atoms with E-state index in [1.165, 1.54) is 38.5 Å². The summed E-state index contributed by atoms with van der Waals surface area (Å²) >= 11 is 0. The van der Waals surface area contributed by atoms with E-state index in [9.17, 15) is 4.79 Å². The van der Waals surface area contributed by atoms with Gasteiger partial charge >= 0.3 is 0 Å². The number of hydrogen-bond acceptors (Lipinski definition) is 4. The Balaban J connectivity index is 1.55. The zero-order chi connectivity index (χ0) is 13.8. The van der Waals surface area contributed by atoms with Gasteiger partial charge in [-0.3, -0.25) is 4.79 Å². The van der Waals surface area contributed by atoms with Crippen LogP contribution in [0.25, 0.3) is 0 Å². The fourth-order valence-corrected chi connectivity index (χ4v) is 3.24. The summed E-state index contributed by atoms with van der Waals surface area (Å²) in [6, 6.07) is 2.38. The first-order valence-electron chi connectivity index (χ1n) is 7.88. The van der Waals surface area contributed by atoms with Gasteiger partial charge in [0.05, 0.1) is 18.4 Å². The Labute approximate surface area is 120 Å². The van der Waals surface area contributed by atoms with Crippen LogP contribution in [0.2, 0.25) is 0 Å². The number of nitrogens with zero attached hydrogens (tertiary/aromatic N) is 3. The standard InChI is InChI=1S/C15H24N4O/c20-15-11-14(18-8-3-4-9-18)12-17-19(15)10-7-16-13-5-1-2-6-13/h11-13,16H,1-10H2. The maximum absolute atomic E-state index is 12.1. The lowest BCUT2D eigenvalue weighted by Gasteiger charge is -2.17. The van der Waals surface area contributed by atoms with Gasteiger partial charge in [-0.1, -0.05) is 12.8 Å². The third-order valence-corrected chi connectivity index (χ3v) is 4.44. The summed E-state index contributed by atoms with van der Waals surface area (Å²) in [5.41, 5.74) is 0.995. The number of rotatable bonds is 5. The first-order valence-corrected chi connectivity index (χ1v) is 7.88. The second kappa shape index (κ2) is 6.39. The van der Waals surface area contributed by atoms with Gasteiger partial charge < -0.3 is 10.2 Å². The predicted molar refractivity (Wildman–Crippen MR) is 80.2 cm³/mol.